The zero-order chi connectivity index (χ0) is 9.19. The van der Waals surface area contributed by atoms with Gasteiger partial charge in [0.25, 0.3) is 0 Å². The lowest BCUT2D eigenvalue weighted by atomic mass is 9.82. The average Bonchev–Trinajstić information content (AvgIpc) is 2.14. The first-order valence-electron chi connectivity index (χ1n) is 4.46. The number of aliphatic hydroxyl groups is 1. The molecular weight excluding hydrogens is 152 g/mol. The lowest BCUT2D eigenvalue weighted by molar-refractivity contribution is -0.123. The third-order valence-electron chi connectivity index (χ3n) is 2.56. The largest absolute Gasteiger partial charge is 0.515 e. The molecule has 0 saturated heterocycles. The molecule has 1 saturated carbocycles. The van der Waals surface area contributed by atoms with Crippen molar-refractivity contribution < 1.29 is 9.90 Å². The lowest BCUT2D eigenvalue weighted by Crippen LogP contribution is -2.23. The van der Waals surface area contributed by atoms with Gasteiger partial charge in [0.05, 0.1) is 6.26 Å². The Morgan fingerprint density at radius 3 is 2.67 bits per heavy atom. The minimum absolute atomic E-state index is 0.113. The normalized spacial score (nSPS) is 27.2. The highest BCUT2D eigenvalue weighted by Gasteiger charge is 2.31. The van der Waals surface area contributed by atoms with Crippen LogP contribution in [0.3, 0.4) is 0 Å². The molecule has 0 aromatic carbocycles. The van der Waals surface area contributed by atoms with Crippen LogP contribution >= 0.6 is 0 Å². The van der Waals surface area contributed by atoms with Gasteiger partial charge in [-0.05, 0) is 19.3 Å². The number of hydrogen-bond acceptors (Lipinski definition) is 2. The summed E-state index contributed by atoms with van der Waals surface area (Å²) in [6, 6.07) is 0. The van der Waals surface area contributed by atoms with E-state index in [1.54, 1.807) is 0 Å². The molecule has 0 bridgehead atoms. The molecule has 0 aromatic heterocycles. The minimum Gasteiger partial charge on any atom is -0.515 e. The van der Waals surface area contributed by atoms with E-state index in [-0.39, 0.29) is 11.2 Å². The molecule has 68 valence electrons. The second-order valence-corrected chi connectivity index (χ2v) is 4.07. The third kappa shape index (κ3) is 1.68. The monoisotopic (exact) mass is 168 g/mol. The predicted octanol–water partition coefficient (Wildman–Crippen LogP) is 2.60. The van der Waals surface area contributed by atoms with Gasteiger partial charge in [-0.25, -0.2) is 0 Å². The summed E-state index contributed by atoms with van der Waals surface area (Å²) in [7, 11) is 0. The highest BCUT2D eigenvalue weighted by Crippen LogP contribution is 2.33. The van der Waals surface area contributed by atoms with Crippen molar-refractivity contribution in [1.82, 2.24) is 0 Å². The maximum atomic E-state index is 11.7. The molecule has 0 aromatic rings. The number of hydrogen-bond donors (Lipinski definition) is 1. The van der Waals surface area contributed by atoms with Crippen LogP contribution in [0.25, 0.3) is 0 Å². The van der Waals surface area contributed by atoms with Crippen LogP contribution in [-0.4, -0.2) is 10.9 Å². The highest BCUT2D eigenvalue weighted by atomic mass is 16.2. The van der Waals surface area contributed by atoms with E-state index < -0.39 is 0 Å². The van der Waals surface area contributed by atoms with Gasteiger partial charge in [0.15, 0.2) is 5.78 Å². The zero-order valence-electron chi connectivity index (χ0n) is 7.76. The van der Waals surface area contributed by atoms with E-state index in [9.17, 15) is 4.79 Å². The van der Waals surface area contributed by atoms with E-state index in [1.165, 1.54) is 0 Å². The molecule has 0 unspecified atom stereocenters. The number of ketones is 1. The maximum Gasteiger partial charge on any atom is 0.167 e. The first-order valence-corrected chi connectivity index (χ1v) is 4.46. The number of allylic oxidation sites excluding steroid dienone is 1. The van der Waals surface area contributed by atoms with E-state index in [1.807, 2.05) is 13.8 Å². The Morgan fingerprint density at radius 2 is 2.08 bits per heavy atom. The zero-order valence-corrected chi connectivity index (χ0v) is 7.76. The van der Waals surface area contributed by atoms with Crippen molar-refractivity contribution in [3.8, 4) is 0 Å². The molecule has 0 heterocycles. The smallest absolute Gasteiger partial charge is 0.167 e. The minimum atomic E-state index is -0.273. The lowest BCUT2D eigenvalue weighted by Gasteiger charge is -2.20. The maximum absolute atomic E-state index is 11.7. The molecule has 0 radical (unpaired) electrons. The van der Waals surface area contributed by atoms with Crippen LogP contribution in [-0.2, 0) is 4.79 Å². The van der Waals surface area contributed by atoms with Crippen molar-refractivity contribution in [2.45, 2.75) is 39.5 Å². The fourth-order valence-corrected chi connectivity index (χ4v) is 1.67. The fraction of sp³-hybridized carbons (Fsp3) is 0.700. The van der Waals surface area contributed by atoms with E-state index in [4.69, 9.17) is 5.11 Å². The van der Waals surface area contributed by atoms with Gasteiger partial charge in [-0.3, -0.25) is 4.79 Å². The Bertz CT molecular complexity index is 214. The van der Waals surface area contributed by atoms with E-state index in [2.05, 4.69) is 0 Å². The van der Waals surface area contributed by atoms with Crippen LogP contribution < -0.4 is 0 Å². The molecule has 1 aliphatic carbocycles. The number of aliphatic hydroxyl groups excluding tert-OH is 1. The van der Waals surface area contributed by atoms with Gasteiger partial charge in [0.2, 0.25) is 0 Å². The molecule has 2 nitrogen and oxygen atoms in total. The second kappa shape index (κ2) is 3.30. The van der Waals surface area contributed by atoms with Crippen LogP contribution in [0.5, 0.6) is 0 Å². The van der Waals surface area contributed by atoms with Crippen molar-refractivity contribution >= 4 is 5.78 Å². The average molecular weight is 168 g/mol. The van der Waals surface area contributed by atoms with Gasteiger partial charge in [-0.2, -0.15) is 0 Å². The molecule has 0 atom stereocenters. The van der Waals surface area contributed by atoms with Gasteiger partial charge in [-0.15, -0.1) is 0 Å². The second-order valence-electron chi connectivity index (χ2n) is 4.07. The first kappa shape index (κ1) is 9.30. The summed E-state index contributed by atoms with van der Waals surface area (Å²) in [4.78, 5) is 11.7. The number of carbonyl (C=O) groups is 1. The topological polar surface area (TPSA) is 37.3 Å². The Labute approximate surface area is 73.3 Å². The summed E-state index contributed by atoms with van der Waals surface area (Å²) in [5.74, 6) is 0.113. The van der Waals surface area contributed by atoms with Crippen LogP contribution in [0, 0.1) is 5.41 Å². The Balaban J connectivity index is 2.89. The summed E-state index contributed by atoms with van der Waals surface area (Å²) in [6.07, 6.45) is 4.75. The summed E-state index contributed by atoms with van der Waals surface area (Å²) in [5, 5.41) is 8.84. The molecule has 1 aliphatic rings. The van der Waals surface area contributed by atoms with Gasteiger partial charge in [0.1, 0.15) is 0 Å². The quantitative estimate of drug-likeness (QED) is 0.343. The summed E-state index contributed by atoms with van der Waals surface area (Å²) >= 11 is 0. The fourth-order valence-electron chi connectivity index (χ4n) is 1.67. The summed E-state index contributed by atoms with van der Waals surface area (Å²) in [6.45, 7) is 3.90. The van der Waals surface area contributed by atoms with Gasteiger partial charge >= 0.3 is 0 Å². The van der Waals surface area contributed by atoms with Gasteiger partial charge < -0.3 is 5.11 Å². The highest BCUT2D eigenvalue weighted by molar-refractivity contribution is 5.99. The van der Waals surface area contributed by atoms with Crippen LogP contribution in [0.2, 0.25) is 0 Å². The molecule has 1 rings (SSSR count). The van der Waals surface area contributed by atoms with Crippen molar-refractivity contribution in [2.75, 3.05) is 0 Å². The molecule has 0 spiro atoms. The van der Waals surface area contributed by atoms with Gasteiger partial charge in [0, 0.05) is 11.0 Å². The van der Waals surface area contributed by atoms with Crippen LogP contribution in [0.15, 0.2) is 11.8 Å². The molecular formula is C10H16O2. The van der Waals surface area contributed by atoms with Crippen LogP contribution in [0.4, 0.5) is 0 Å². The van der Waals surface area contributed by atoms with Crippen LogP contribution in [0.1, 0.15) is 39.5 Å². The van der Waals surface area contributed by atoms with E-state index in [0.717, 1.165) is 31.9 Å². The van der Waals surface area contributed by atoms with Crippen molar-refractivity contribution in [2.24, 2.45) is 5.41 Å². The molecule has 1 N–H and O–H groups in total. The standard InChI is InChI=1S/C10H16O2/c1-10(2)6-4-3-5-8(7-11)9(10)12/h7,11H,3-6H2,1-2H3/b8-7-. The van der Waals surface area contributed by atoms with E-state index >= 15 is 0 Å². The molecule has 0 aliphatic heterocycles. The van der Waals surface area contributed by atoms with Crippen molar-refractivity contribution in [3.05, 3.63) is 11.8 Å². The SMILES string of the molecule is CC1(C)CCCC/C(=C/O)C1=O. The van der Waals surface area contributed by atoms with Crippen molar-refractivity contribution in [3.63, 3.8) is 0 Å². The Hall–Kier alpha value is -0.790. The Kier molecular flexibility index (Phi) is 2.55. The molecule has 0 amide bonds. The third-order valence-corrected chi connectivity index (χ3v) is 2.56. The molecule has 1 fully saturated rings. The summed E-state index contributed by atoms with van der Waals surface area (Å²) in [5.41, 5.74) is 0.322. The number of carbonyl (C=O) groups excluding carboxylic acids is 1. The molecule has 2 heteroatoms. The Morgan fingerprint density at radius 1 is 1.42 bits per heavy atom. The first-order chi connectivity index (χ1) is 5.58. The number of rotatable bonds is 0. The number of Topliss-reactive ketones (excluding diaryl/α,β-unsaturated/α-hetero) is 1. The van der Waals surface area contributed by atoms with Gasteiger partial charge in [-0.1, -0.05) is 20.3 Å². The van der Waals surface area contributed by atoms with E-state index in [0.29, 0.717) is 5.57 Å². The molecule has 12 heavy (non-hydrogen) atoms. The predicted molar refractivity (Wildman–Crippen MR) is 48.0 cm³/mol. The van der Waals surface area contributed by atoms with Crippen molar-refractivity contribution in [1.29, 1.82) is 0 Å². The summed E-state index contributed by atoms with van der Waals surface area (Å²) < 4.78 is 0.